The minimum Gasteiger partial charge on any atom is -0.327 e. The van der Waals surface area contributed by atoms with Crippen molar-refractivity contribution in [3.05, 3.63) is 102 Å². The van der Waals surface area contributed by atoms with Crippen molar-refractivity contribution < 1.29 is 9.59 Å². The SMILES string of the molecule is CC(C)N(CC(=O)Nc1cc(-c2ccccc2)nn1-c1ccccc1)C(=O)c1ccc(C(C)(C)C)cc1. The molecule has 0 fully saturated rings. The maximum Gasteiger partial charge on any atom is 0.254 e. The van der Waals surface area contributed by atoms with Crippen LogP contribution in [0.15, 0.2) is 91.0 Å². The Kier molecular flexibility index (Phi) is 7.58. The third-order valence-corrected chi connectivity index (χ3v) is 6.24. The Morgan fingerprint density at radius 2 is 1.49 bits per heavy atom. The summed E-state index contributed by atoms with van der Waals surface area (Å²) in [6.45, 7) is 10.2. The predicted octanol–water partition coefficient (Wildman–Crippen LogP) is 6.33. The van der Waals surface area contributed by atoms with Crippen molar-refractivity contribution in [3.63, 3.8) is 0 Å². The van der Waals surface area contributed by atoms with Gasteiger partial charge in [-0.2, -0.15) is 5.10 Å². The maximum atomic E-state index is 13.3. The minimum atomic E-state index is -0.287. The van der Waals surface area contributed by atoms with Crippen LogP contribution in [0.3, 0.4) is 0 Å². The number of amides is 2. The second-order valence-electron chi connectivity index (χ2n) is 10.4. The van der Waals surface area contributed by atoms with Crippen LogP contribution in [-0.2, 0) is 10.2 Å². The molecule has 37 heavy (non-hydrogen) atoms. The summed E-state index contributed by atoms with van der Waals surface area (Å²) >= 11 is 0. The summed E-state index contributed by atoms with van der Waals surface area (Å²) in [5, 5.41) is 7.74. The summed E-state index contributed by atoms with van der Waals surface area (Å²) in [6, 6.07) is 28.8. The van der Waals surface area contributed by atoms with Crippen molar-refractivity contribution in [2.75, 3.05) is 11.9 Å². The number of anilines is 1. The standard InChI is InChI=1S/C31H34N4O2/c1-22(2)34(30(37)24-16-18-25(19-17-24)31(3,4)5)21-29(36)32-28-20-27(23-12-8-6-9-13-23)33-35(28)26-14-10-7-11-15-26/h6-20,22H,21H2,1-5H3,(H,32,36). The highest BCUT2D eigenvalue weighted by molar-refractivity contribution is 5.99. The first-order valence-corrected chi connectivity index (χ1v) is 12.6. The zero-order valence-corrected chi connectivity index (χ0v) is 22.1. The van der Waals surface area contributed by atoms with Crippen LogP contribution in [0.1, 0.15) is 50.5 Å². The lowest BCUT2D eigenvalue weighted by molar-refractivity contribution is -0.117. The molecule has 1 aromatic heterocycles. The Labute approximate surface area is 218 Å². The molecule has 4 aromatic rings. The van der Waals surface area contributed by atoms with Crippen molar-refractivity contribution in [2.45, 2.75) is 46.1 Å². The number of carbonyl (C=O) groups excluding carboxylic acids is 2. The van der Waals surface area contributed by atoms with Crippen LogP contribution < -0.4 is 5.32 Å². The molecular weight excluding hydrogens is 460 g/mol. The molecule has 0 bridgehead atoms. The first-order chi connectivity index (χ1) is 17.6. The van der Waals surface area contributed by atoms with Gasteiger partial charge in [-0.25, -0.2) is 4.68 Å². The number of hydrogen-bond donors (Lipinski definition) is 1. The van der Waals surface area contributed by atoms with E-state index < -0.39 is 0 Å². The molecule has 190 valence electrons. The third-order valence-electron chi connectivity index (χ3n) is 6.24. The monoisotopic (exact) mass is 494 g/mol. The molecule has 3 aromatic carbocycles. The smallest absolute Gasteiger partial charge is 0.254 e. The van der Waals surface area contributed by atoms with Crippen molar-refractivity contribution in [3.8, 4) is 16.9 Å². The first kappa shape index (κ1) is 25.9. The summed E-state index contributed by atoms with van der Waals surface area (Å²) in [5.74, 6) is 0.0814. The van der Waals surface area contributed by atoms with Crippen LogP contribution in [0, 0.1) is 0 Å². The van der Waals surface area contributed by atoms with Crippen LogP contribution in [0.2, 0.25) is 0 Å². The zero-order valence-electron chi connectivity index (χ0n) is 22.1. The molecule has 6 nitrogen and oxygen atoms in total. The van der Waals surface area contributed by atoms with E-state index in [-0.39, 0.29) is 29.8 Å². The largest absolute Gasteiger partial charge is 0.327 e. The summed E-state index contributed by atoms with van der Waals surface area (Å²) in [6.07, 6.45) is 0. The van der Waals surface area contributed by atoms with Gasteiger partial charge in [-0.3, -0.25) is 9.59 Å². The number of rotatable bonds is 7. The molecule has 0 saturated heterocycles. The Morgan fingerprint density at radius 3 is 2.05 bits per heavy atom. The molecule has 6 heteroatoms. The van der Waals surface area contributed by atoms with Gasteiger partial charge in [0.15, 0.2) is 0 Å². The van der Waals surface area contributed by atoms with Crippen molar-refractivity contribution in [1.29, 1.82) is 0 Å². The molecule has 0 aliphatic heterocycles. The Balaban J connectivity index is 1.57. The molecule has 0 radical (unpaired) electrons. The van der Waals surface area contributed by atoms with Gasteiger partial charge < -0.3 is 10.2 Å². The topological polar surface area (TPSA) is 67.2 Å². The maximum absolute atomic E-state index is 13.3. The Morgan fingerprint density at radius 1 is 0.892 bits per heavy atom. The summed E-state index contributed by atoms with van der Waals surface area (Å²) in [5.41, 5.74) is 4.24. The van der Waals surface area contributed by atoms with Crippen LogP contribution in [0.5, 0.6) is 0 Å². The highest BCUT2D eigenvalue weighted by Gasteiger charge is 2.23. The average Bonchev–Trinajstić information content (AvgIpc) is 3.31. The molecule has 0 aliphatic carbocycles. The van der Waals surface area contributed by atoms with E-state index in [9.17, 15) is 9.59 Å². The lowest BCUT2D eigenvalue weighted by Crippen LogP contribution is -2.42. The van der Waals surface area contributed by atoms with E-state index in [1.807, 2.05) is 105 Å². The number of nitrogens with one attached hydrogen (secondary N) is 1. The average molecular weight is 495 g/mol. The Bertz CT molecular complexity index is 1350. The van der Waals surface area contributed by atoms with Crippen molar-refractivity contribution in [1.82, 2.24) is 14.7 Å². The quantitative estimate of drug-likeness (QED) is 0.327. The Hall–Kier alpha value is -4.19. The number of carbonyl (C=O) groups is 2. The minimum absolute atomic E-state index is 0.000491. The van der Waals surface area contributed by atoms with Crippen LogP contribution in [-0.4, -0.2) is 39.1 Å². The normalized spacial score (nSPS) is 11.4. The van der Waals surface area contributed by atoms with Crippen LogP contribution in [0.4, 0.5) is 5.82 Å². The van der Waals surface area contributed by atoms with E-state index in [1.54, 1.807) is 9.58 Å². The molecule has 1 N–H and O–H groups in total. The highest BCUT2D eigenvalue weighted by atomic mass is 16.2. The van der Waals surface area contributed by atoms with Crippen molar-refractivity contribution >= 4 is 17.6 Å². The van der Waals surface area contributed by atoms with Gasteiger partial charge in [0.25, 0.3) is 5.91 Å². The third kappa shape index (κ3) is 6.15. The lowest BCUT2D eigenvalue weighted by atomic mass is 9.86. The van der Waals surface area contributed by atoms with Crippen LogP contribution in [0.25, 0.3) is 16.9 Å². The van der Waals surface area contributed by atoms with E-state index >= 15 is 0 Å². The summed E-state index contributed by atoms with van der Waals surface area (Å²) in [4.78, 5) is 28.2. The fraction of sp³-hybridized carbons (Fsp3) is 0.258. The highest BCUT2D eigenvalue weighted by Crippen LogP contribution is 2.25. The molecule has 2 amide bonds. The number of aromatic nitrogens is 2. The number of hydrogen-bond acceptors (Lipinski definition) is 3. The van der Waals surface area contributed by atoms with Gasteiger partial charge in [0.05, 0.1) is 11.4 Å². The van der Waals surface area contributed by atoms with E-state index in [1.165, 1.54) is 0 Å². The van der Waals surface area contributed by atoms with Gasteiger partial charge in [0.2, 0.25) is 5.91 Å². The fourth-order valence-electron chi connectivity index (χ4n) is 4.09. The second kappa shape index (κ2) is 10.8. The molecule has 0 unspecified atom stereocenters. The second-order valence-corrected chi connectivity index (χ2v) is 10.4. The molecule has 1 heterocycles. The number of benzene rings is 3. The van der Waals surface area contributed by atoms with Crippen molar-refractivity contribution in [2.24, 2.45) is 0 Å². The lowest BCUT2D eigenvalue weighted by Gasteiger charge is -2.27. The molecular formula is C31H34N4O2. The van der Waals surface area contributed by atoms with Gasteiger partial charge in [-0.1, -0.05) is 81.4 Å². The number of para-hydroxylation sites is 1. The zero-order chi connectivity index (χ0) is 26.6. The van der Waals surface area contributed by atoms with Gasteiger partial charge in [0.1, 0.15) is 12.4 Å². The number of nitrogens with zero attached hydrogens (tertiary/aromatic N) is 3. The molecule has 0 saturated carbocycles. The summed E-state index contributed by atoms with van der Waals surface area (Å²) in [7, 11) is 0. The molecule has 0 spiro atoms. The molecule has 0 aliphatic rings. The molecule has 4 rings (SSSR count). The van der Waals surface area contributed by atoms with E-state index in [4.69, 9.17) is 5.10 Å². The summed E-state index contributed by atoms with van der Waals surface area (Å²) < 4.78 is 1.72. The van der Waals surface area contributed by atoms with Gasteiger partial charge >= 0.3 is 0 Å². The van der Waals surface area contributed by atoms with Gasteiger partial charge in [-0.05, 0) is 49.1 Å². The predicted molar refractivity (Wildman–Crippen MR) is 149 cm³/mol. The fourth-order valence-corrected chi connectivity index (χ4v) is 4.09. The van der Waals surface area contributed by atoms with Crippen LogP contribution >= 0.6 is 0 Å². The van der Waals surface area contributed by atoms with E-state index in [0.29, 0.717) is 11.4 Å². The van der Waals surface area contributed by atoms with Gasteiger partial charge in [0, 0.05) is 23.2 Å². The van der Waals surface area contributed by atoms with E-state index in [0.717, 1.165) is 22.5 Å². The van der Waals surface area contributed by atoms with Gasteiger partial charge in [-0.15, -0.1) is 0 Å². The first-order valence-electron chi connectivity index (χ1n) is 12.6. The molecule has 0 atom stereocenters. The van der Waals surface area contributed by atoms with E-state index in [2.05, 4.69) is 26.1 Å².